The lowest BCUT2D eigenvalue weighted by Gasteiger charge is -2.17. The average molecular weight is 467 g/mol. The number of anilines is 2. The van der Waals surface area contributed by atoms with Crippen LogP contribution in [-0.2, 0) is 0 Å². The molecular weight excluding hydrogens is 444 g/mol. The van der Waals surface area contributed by atoms with Crippen molar-refractivity contribution in [3.05, 3.63) is 27.6 Å². The standard InChI is InChI=1S/C19H23FIN5/c1-10(12-3-4-12)22-18-24-17(15-9-14(21)7-8-16(15)20)25-19(26-18)23-11(2)13-5-6-13/h7-13H,3-6H2,1-2H3,(H2,22,23,24,25,26)/t10-,11-/m1/s1. The van der Waals surface area contributed by atoms with E-state index < -0.39 is 0 Å². The molecule has 2 aliphatic rings. The molecule has 0 bridgehead atoms. The first-order valence-electron chi connectivity index (χ1n) is 9.24. The van der Waals surface area contributed by atoms with E-state index in [0.29, 0.717) is 47.2 Å². The molecule has 2 fully saturated rings. The van der Waals surface area contributed by atoms with Gasteiger partial charge >= 0.3 is 0 Å². The van der Waals surface area contributed by atoms with Crippen molar-refractivity contribution in [2.75, 3.05) is 10.6 Å². The molecule has 7 heteroatoms. The van der Waals surface area contributed by atoms with Crippen LogP contribution in [0.15, 0.2) is 18.2 Å². The van der Waals surface area contributed by atoms with Crippen LogP contribution in [0.4, 0.5) is 16.3 Å². The first-order chi connectivity index (χ1) is 12.5. The van der Waals surface area contributed by atoms with Crippen LogP contribution in [0.3, 0.4) is 0 Å². The molecule has 0 aliphatic heterocycles. The zero-order valence-corrected chi connectivity index (χ0v) is 17.1. The van der Waals surface area contributed by atoms with E-state index in [2.05, 4.69) is 62.0 Å². The fourth-order valence-corrected chi connectivity index (χ4v) is 3.62. The molecule has 2 aliphatic carbocycles. The van der Waals surface area contributed by atoms with Gasteiger partial charge in [-0.15, -0.1) is 0 Å². The minimum atomic E-state index is -0.320. The summed E-state index contributed by atoms with van der Waals surface area (Å²) in [5.41, 5.74) is 0.406. The number of nitrogens with zero attached hydrogens (tertiary/aromatic N) is 3. The Morgan fingerprint density at radius 2 is 1.50 bits per heavy atom. The summed E-state index contributed by atoms with van der Waals surface area (Å²) in [6.07, 6.45) is 4.95. The van der Waals surface area contributed by atoms with Crippen molar-refractivity contribution in [3.63, 3.8) is 0 Å². The number of aromatic nitrogens is 3. The fraction of sp³-hybridized carbons (Fsp3) is 0.526. The Balaban J connectivity index is 1.67. The summed E-state index contributed by atoms with van der Waals surface area (Å²) in [5, 5.41) is 6.76. The van der Waals surface area contributed by atoms with Crippen molar-refractivity contribution < 1.29 is 4.39 Å². The van der Waals surface area contributed by atoms with Crippen LogP contribution in [0.25, 0.3) is 11.4 Å². The Kier molecular flexibility index (Phi) is 4.98. The lowest BCUT2D eigenvalue weighted by atomic mass is 10.2. The molecule has 1 heterocycles. The van der Waals surface area contributed by atoms with Crippen LogP contribution in [0.5, 0.6) is 0 Å². The average Bonchev–Trinajstić information content (AvgIpc) is 3.49. The third-order valence-electron chi connectivity index (χ3n) is 5.18. The zero-order valence-electron chi connectivity index (χ0n) is 15.0. The molecule has 26 heavy (non-hydrogen) atoms. The Bertz CT molecular complexity index is 768. The van der Waals surface area contributed by atoms with Gasteiger partial charge in [-0.2, -0.15) is 15.0 Å². The highest BCUT2D eigenvalue weighted by molar-refractivity contribution is 14.1. The van der Waals surface area contributed by atoms with E-state index in [1.54, 1.807) is 12.1 Å². The minimum absolute atomic E-state index is 0.305. The highest BCUT2D eigenvalue weighted by atomic mass is 127. The lowest BCUT2D eigenvalue weighted by molar-refractivity contribution is 0.629. The van der Waals surface area contributed by atoms with Crippen molar-refractivity contribution >= 4 is 34.5 Å². The molecule has 1 aromatic carbocycles. The van der Waals surface area contributed by atoms with Gasteiger partial charge in [0.15, 0.2) is 5.82 Å². The van der Waals surface area contributed by atoms with Crippen molar-refractivity contribution in [1.29, 1.82) is 0 Å². The third kappa shape index (κ3) is 4.24. The van der Waals surface area contributed by atoms with Crippen molar-refractivity contribution in [2.45, 2.75) is 51.6 Å². The first-order valence-corrected chi connectivity index (χ1v) is 10.3. The number of hydrogen-bond donors (Lipinski definition) is 2. The largest absolute Gasteiger partial charge is 0.351 e. The zero-order chi connectivity index (χ0) is 18.3. The predicted octanol–water partition coefficient (Wildman–Crippen LogP) is 4.70. The van der Waals surface area contributed by atoms with Crippen LogP contribution < -0.4 is 10.6 Å². The van der Waals surface area contributed by atoms with Gasteiger partial charge in [0.05, 0.1) is 5.56 Å². The van der Waals surface area contributed by atoms with E-state index in [4.69, 9.17) is 0 Å². The smallest absolute Gasteiger partial charge is 0.228 e. The van der Waals surface area contributed by atoms with Crippen LogP contribution in [-0.4, -0.2) is 27.0 Å². The Hall–Kier alpha value is -1.51. The van der Waals surface area contributed by atoms with Gasteiger partial charge in [-0.1, -0.05) is 0 Å². The number of hydrogen-bond acceptors (Lipinski definition) is 5. The lowest BCUT2D eigenvalue weighted by Crippen LogP contribution is -2.23. The molecule has 0 radical (unpaired) electrons. The van der Waals surface area contributed by atoms with Gasteiger partial charge in [0, 0.05) is 15.7 Å². The van der Waals surface area contributed by atoms with Crippen molar-refractivity contribution in [3.8, 4) is 11.4 Å². The number of nitrogens with one attached hydrogen (secondary N) is 2. The normalized spacial score (nSPS) is 19.1. The van der Waals surface area contributed by atoms with E-state index in [9.17, 15) is 4.39 Å². The summed E-state index contributed by atoms with van der Waals surface area (Å²) < 4.78 is 15.3. The molecule has 138 valence electrons. The SMILES string of the molecule is C[C@@H](Nc1nc(N[C@H](C)C2CC2)nc(-c2cc(I)ccc2F)n1)C1CC1. The van der Waals surface area contributed by atoms with Gasteiger partial charge in [0.1, 0.15) is 5.82 Å². The summed E-state index contributed by atoms with van der Waals surface area (Å²) in [6.45, 7) is 4.29. The molecule has 0 amide bonds. The first kappa shape index (κ1) is 17.9. The second-order valence-corrected chi connectivity index (χ2v) is 8.72. The summed E-state index contributed by atoms with van der Waals surface area (Å²) in [4.78, 5) is 13.6. The monoisotopic (exact) mass is 467 g/mol. The molecule has 2 saturated carbocycles. The molecule has 5 nitrogen and oxygen atoms in total. The Morgan fingerprint density at radius 1 is 0.962 bits per heavy atom. The van der Waals surface area contributed by atoms with Gasteiger partial charge < -0.3 is 10.6 Å². The third-order valence-corrected chi connectivity index (χ3v) is 5.85. The highest BCUT2D eigenvalue weighted by Gasteiger charge is 2.30. The summed E-state index contributed by atoms with van der Waals surface area (Å²) >= 11 is 2.17. The van der Waals surface area contributed by atoms with E-state index in [1.165, 1.54) is 31.7 Å². The van der Waals surface area contributed by atoms with Gasteiger partial charge in [0.2, 0.25) is 11.9 Å². The molecule has 2 N–H and O–H groups in total. The molecule has 4 rings (SSSR count). The summed E-state index contributed by atoms with van der Waals surface area (Å²) in [6, 6.07) is 5.58. The highest BCUT2D eigenvalue weighted by Crippen LogP contribution is 2.35. The van der Waals surface area contributed by atoms with Gasteiger partial charge in [-0.25, -0.2) is 4.39 Å². The molecule has 0 unspecified atom stereocenters. The van der Waals surface area contributed by atoms with E-state index >= 15 is 0 Å². The second kappa shape index (κ2) is 7.25. The van der Waals surface area contributed by atoms with Crippen molar-refractivity contribution in [1.82, 2.24) is 15.0 Å². The topological polar surface area (TPSA) is 62.7 Å². The second-order valence-electron chi connectivity index (χ2n) is 7.47. The molecule has 0 saturated heterocycles. The van der Waals surface area contributed by atoms with E-state index in [1.807, 2.05) is 0 Å². The van der Waals surface area contributed by atoms with E-state index in [0.717, 1.165) is 3.57 Å². The number of rotatable bonds is 7. The van der Waals surface area contributed by atoms with Crippen molar-refractivity contribution in [2.24, 2.45) is 11.8 Å². The Labute approximate surface area is 166 Å². The van der Waals surface area contributed by atoms with Crippen LogP contribution in [0.1, 0.15) is 39.5 Å². The van der Waals surface area contributed by atoms with Crippen LogP contribution >= 0.6 is 22.6 Å². The van der Waals surface area contributed by atoms with Crippen LogP contribution in [0, 0.1) is 21.2 Å². The predicted molar refractivity (Wildman–Crippen MR) is 110 cm³/mol. The fourth-order valence-electron chi connectivity index (χ4n) is 3.13. The molecule has 2 atom stereocenters. The molecule has 0 spiro atoms. The van der Waals surface area contributed by atoms with Gasteiger partial charge in [-0.3, -0.25) is 0 Å². The molecule has 2 aromatic rings. The number of halogens is 2. The van der Waals surface area contributed by atoms with E-state index in [-0.39, 0.29) is 5.82 Å². The maximum atomic E-state index is 14.4. The van der Waals surface area contributed by atoms with Gasteiger partial charge in [0.25, 0.3) is 0 Å². The summed E-state index contributed by atoms with van der Waals surface area (Å²) in [5.74, 6) is 2.42. The molecular formula is C19H23FIN5. The number of benzene rings is 1. The van der Waals surface area contributed by atoms with Gasteiger partial charge in [-0.05, 0) is 92.2 Å². The summed E-state index contributed by atoms with van der Waals surface area (Å²) in [7, 11) is 0. The maximum Gasteiger partial charge on any atom is 0.228 e. The quantitative estimate of drug-likeness (QED) is 0.578. The van der Waals surface area contributed by atoms with Crippen LogP contribution in [0.2, 0.25) is 0 Å². The molecule has 1 aromatic heterocycles. The minimum Gasteiger partial charge on any atom is -0.351 e. The maximum absolute atomic E-state index is 14.4. The Morgan fingerprint density at radius 3 is 2.00 bits per heavy atom.